The van der Waals surface area contributed by atoms with Crippen LogP contribution in [0.3, 0.4) is 0 Å². The monoisotopic (exact) mass is 463 g/mol. The Kier molecular flexibility index (Phi) is 9.26. The Bertz CT molecular complexity index is 752. The summed E-state index contributed by atoms with van der Waals surface area (Å²) in [6, 6.07) is 4.58. The highest BCUT2D eigenvalue weighted by molar-refractivity contribution is 7.80. The Morgan fingerprint density at radius 1 is 0.969 bits per heavy atom. The first-order valence-electron chi connectivity index (χ1n) is 11.7. The predicted octanol–water partition coefficient (Wildman–Crippen LogP) is 3.78. The van der Waals surface area contributed by atoms with Gasteiger partial charge < -0.3 is 29.7 Å². The van der Waals surface area contributed by atoms with Gasteiger partial charge in [0.2, 0.25) is 11.7 Å². The average Bonchev–Trinajstić information content (AvgIpc) is 3.35. The number of hydrogen-bond acceptors (Lipinski definition) is 5. The van der Waals surface area contributed by atoms with Crippen molar-refractivity contribution < 1.29 is 19.0 Å². The highest BCUT2D eigenvalue weighted by atomic mass is 32.1. The molecule has 2 aliphatic rings. The van der Waals surface area contributed by atoms with Crippen molar-refractivity contribution in [2.24, 2.45) is 0 Å². The van der Waals surface area contributed by atoms with Gasteiger partial charge in [-0.1, -0.05) is 32.1 Å². The summed E-state index contributed by atoms with van der Waals surface area (Å²) in [5, 5.41) is 6.97. The fourth-order valence-electron chi connectivity index (χ4n) is 4.79. The van der Waals surface area contributed by atoms with Gasteiger partial charge in [0.1, 0.15) is 0 Å². The van der Waals surface area contributed by atoms with E-state index in [4.69, 9.17) is 26.4 Å². The third-order valence-electron chi connectivity index (χ3n) is 6.47. The third-order valence-corrected chi connectivity index (χ3v) is 6.85. The lowest BCUT2D eigenvalue weighted by Crippen LogP contribution is -2.48. The highest BCUT2D eigenvalue weighted by Crippen LogP contribution is 2.39. The van der Waals surface area contributed by atoms with Gasteiger partial charge in [0.25, 0.3) is 0 Å². The molecular weight excluding hydrogens is 426 g/mol. The van der Waals surface area contributed by atoms with Crippen LogP contribution in [0.25, 0.3) is 0 Å². The van der Waals surface area contributed by atoms with E-state index in [9.17, 15) is 4.79 Å². The molecule has 178 valence electrons. The molecule has 0 saturated heterocycles. The molecule has 2 N–H and O–H groups in total. The molecule has 2 fully saturated rings. The largest absolute Gasteiger partial charge is 0.493 e. The summed E-state index contributed by atoms with van der Waals surface area (Å²) in [7, 11) is 4.84. The van der Waals surface area contributed by atoms with Crippen LogP contribution in [-0.4, -0.2) is 55.9 Å². The van der Waals surface area contributed by atoms with Crippen LogP contribution < -0.4 is 24.8 Å². The second kappa shape index (κ2) is 12.1. The Labute approximate surface area is 197 Å². The molecule has 0 aromatic heterocycles. The zero-order valence-electron chi connectivity index (χ0n) is 19.6. The van der Waals surface area contributed by atoms with Crippen LogP contribution >= 0.6 is 12.2 Å². The average molecular weight is 464 g/mol. The summed E-state index contributed by atoms with van der Waals surface area (Å²) in [5.74, 6) is 1.84. The second-order valence-electron chi connectivity index (χ2n) is 8.66. The van der Waals surface area contributed by atoms with Crippen molar-refractivity contribution >= 4 is 23.2 Å². The van der Waals surface area contributed by atoms with Gasteiger partial charge in [0.05, 0.1) is 27.9 Å². The second-order valence-corrected chi connectivity index (χ2v) is 9.05. The SMILES string of the molecule is COc1cc(CN(C(=S)NCC(=O)NC2CCCCC2)C2CCCC2)cc(OC)c1OC. The van der Waals surface area contributed by atoms with E-state index in [2.05, 4.69) is 15.5 Å². The van der Waals surface area contributed by atoms with Crippen molar-refractivity contribution in [2.75, 3.05) is 27.9 Å². The molecule has 1 aromatic rings. The number of nitrogens with zero attached hydrogens (tertiary/aromatic N) is 1. The number of ether oxygens (including phenoxy) is 3. The van der Waals surface area contributed by atoms with Crippen molar-refractivity contribution in [3.05, 3.63) is 17.7 Å². The molecule has 0 bridgehead atoms. The molecule has 1 amide bonds. The van der Waals surface area contributed by atoms with E-state index < -0.39 is 0 Å². The zero-order valence-corrected chi connectivity index (χ0v) is 20.4. The first kappa shape index (κ1) is 24.4. The van der Waals surface area contributed by atoms with E-state index in [0.29, 0.717) is 41.0 Å². The minimum absolute atomic E-state index is 0.0124. The summed E-state index contributed by atoms with van der Waals surface area (Å²) in [6.45, 7) is 0.811. The first-order chi connectivity index (χ1) is 15.5. The summed E-state index contributed by atoms with van der Waals surface area (Å²) < 4.78 is 16.5. The van der Waals surface area contributed by atoms with Gasteiger partial charge in [-0.05, 0) is 55.6 Å². The van der Waals surface area contributed by atoms with E-state index in [0.717, 1.165) is 31.2 Å². The molecule has 0 spiro atoms. The normalized spacial score (nSPS) is 17.0. The lowest BCUT2D eigenvalue weighted by molar-refractivity contribution is -0.120. The molecule has 0 atom stereocenters. The zero-order chi connectivity index (χ0) is 22.9. The number of thiocarbonyl (C=S) groups is 1. The molecule has 0 radical (unpaired) electrons. The van der Waals surface area contributed by atoms with Gasteiger partial charge in [-0.2, -0.15) is 0 Å². The standard InChI is InChI=1S/C24H37N3O4S/c1-29-20-13-17(14-21(30-2)23(20)31-3)16-27(19-11-7-8-12-19)24(32)25-15-22(28)26-18-9-5-4-6-10-18/h13-14,18-19H,4-12,15-16H2,1-3H3,(H,25,32)(H,26,28). The summed E-state index contributed by atoms with van der Waals surface area (Å²) in [5.41, 5.74) is 1.02. The van der Waals surface area contributed by atoms with E-state index in [1.165, 1.54) is 32.1 Å². The minimum Gasteiger partial charge on any atom is -0.493 e. The van der Waals surface area contributed by atoms with E-state index >= 15 is 0 Å². The number of benzene rings is 1. The van der Waals surface area contributed by atoms with Crippen molar-refractivity contribution in [1.29, 1.82) is 0 Å². The van der Waals surface area contributed by atoms with Crippen molar-refractivity contribution in [1.82, 2.24) is 15.5 Å². The molecule has 2 aliphatic carbocycles. The predicted molar refractivity (Wildman–Crippen MR) is 130 cm³/mol. The van der Waals surface area contributed by atoms with Crippen LogP contribution in [0.2, 0.25) is 0 Å². The van der Waals surface area contributed by atoms with Crippen molar-refractivity contribution in [3.63, 3.8) is 0 Å². The van der Waals surface area contributed by atoms with Gasteiger partial charge in [-0.25, -0.2) is 0 Å². The maximum Gasteiger partial charge on any atom is 0.239 e. The fourth-order valence-corrected chi connectivity index (χ4v) is 5.07. The molecule has 7 nitrogen and oxygen atoms in total. The smallest absolute Gasteiger partial charge is 0.239 e. The molecule has 3 rings (SSSR count). The molecule has 2 saturated carbocycles. The summed E-state index contributed by atoms with van der Waals surface area (Å²) in [4.78, 5) is 14.7. The molecule has 0 aliphatic heterocycles. The molecule has 32 heavy (non-hydrogen) atoms. The van der Waals surface area contributed by atoms with Crippen molar-refractivity contribution in [3.8, 4) is 17.2 Å². The van der Waals surface area contributed by atoms with Gasteiger partial charge in [0, 0.05) is 18.6 Å². The number of hydrogen-bond donors (Lipinski definition) is 2. The number of carbonyl (C=O) groups excluding carboxylic acids is 1. The number of methoxy groups -OCH3 is 3. The molecule has 0 heterocycles. The maximum absolute atomic E-state index is 12.5. The van der Waals surface area contributed by atoms with E-state index in [-0.39, 0.29) is 12.5 Å². The van der Waals surface area contributed by atoms with Gasteiger partial charge in [0.15, 0.2) is 16.6 Å². The maximum atomic E-state index is 12.5. The summed E-state index contributed by atoms with van der Waals surface area (Å²) in [6.07, 6.45) is 10.4. The number of rotatable bonds is 9. The fraction of sp³-hybridized carbons (Fsp3) is 0.667. The summed E-state index contributed by atoms with van der Waals surface area (Å²) >= 11 is 5.75. The number of amides is 1. The Hall–Kier alpha value is -2.22. The lowest BCUT2D eigenvalue weighted by atomic mass is 9.95. The molecule has 1 aromatic carbocycles. The molecule has 8 heteroatoms. The number of carbonyl (C=O) groups is 1. The molecule has 0 unspecified atom stereocenters. The van der Waals surface area contributed by atoms with Gasteiger partial charge >= 0.3 is 0 Å². The van der Waals surface area contributed by atoms with Crippen LogP contribution in [0.4, 0.5) is 0 Å². The quantitative estimate of drug-likeness (QED) is 0.540. The minimum atomic E-state index is 0.0124. The Balaban J connectivity index is 1.67. The van der Waals surface area contributed by atoms with Gasteiger partial charge in [-0.15, -0.1) is 0 Å². The van der Waals surface area contributed by atoms with Gasteiger partial charge in [-0.3, -0.25) is 4.79 Å². The van der Waals surface area contributed by atoms with Crippen LogP contribution in [0.1, 0.15) is 63.4 Å². The first-order valence-corrected chi connectivity index (χ1v) is 12.1. The Morgan fingerprint density at radius 3 is 2.12 bits per heavy atom. The van der Waals surface area contributed by atoms with E-state index in [1.807, 2.05) is 12.1 Å². The topological polar surface area (TPSA) is 72.1 Å². The van der Waals surface area contributed by atoms with E-state index in [1.54, 1.807) is 21.3 Å². The Morgan fingerprint density at radius 2 is 1.56 bits per heavy atom. The van der Waals surface area contributed by atoms with Crippen LogP contribution in [0, 0.1) is 0 Å². The van der Waals surface area contributed by atoms with Crippen LogP contribution in [-0.2, 0) is 11.3 Å². The lowest BCUT2D eigenvalue weighted by Gasteiger charge is -2.32. The highest BCUT2D eigenvalue weighted by Gasteiger charge is 2.26. The van der Waals surface area contributed by atoms with Crippen molar-refractivity contribution in [2.45, 2.75) is 76.4 Å². The number of nitrogens with one attached hydrogen (secondary N) is 2. The van der Waals surface area contributed by atoms with Crippen LogP contribution in [0.15, 0.2) is 12.1 Å². The molecular formula is C24H37N3O4S. The van der Waals surface area contributed by atoms with Crippen LogP contribution in [0.5, 0.6) is 17.2 Å². The third kappa shape index (κ3) is 6.40.